The lowest BCUT2D eigenvalue weighted by atomic mass is 9.72. The Morgan fingerprint density at radius 1 is 0.938 bits per heavy atom. The molecule has 0 spiro atoms. The van der Waals surface area contributed by atoms with Gasteiger partial charge in [0.1, 0.15) is 5.41 Å². The molecule has 1 aromatic heterocycles. The van der Waals surface area contributed by atoms with E-state index in [1.54, 1.807) is 25.2 Å². The Balaban J connectivity index is 1.74. The molecule has 1 aliphatic heterocycles. The third kappa shape index (κ3) is 3.82. The summed E-state index contributed by atoms with van der Waals surface area (Å²) in [5.41, 5.74) is 3.03. The lowest BCUT2D eigenvalue weighted by Gasteiger charge is -2.45. The van der Waals surface area contributed by atoms with Gasteiger partial charge in [0.2, 0.25) is 11.8 Å². The Morgan fingerprint density at radius 2 is 1.59 bits per heavy atom. The number of hydrogen-bond donors (Lipinski definition) is 0. The summed E-state index contributed by atoms with van der Waals surface area (Å²) in [5.74, 6) is 0.215. The largest absolute Gasteiger partial charge is 0.348 e. The van der Waals surface area contributed by atoms with E-state index in [1.165, 1.54) is 11.1 Å². The average Bonchev–Trinajstić information content (AvgIpc) is 3.29. The van der Waals surface area contributed by atoms with Gasteiger partial charge in [0.05, 0.1) is 11.1 Å². The van der Waals surface area contributed by atoms with Crippen LogP contribution in [0.5, 0.6) is 0 Å². The highest BCUT2D eigenvalue weighted by atomic mass is 16.2. The van der Waals surface area contributed by atoms with Crippen LogP contribution in [0.25, 0.3) is 0 Å². The number of amides is 2. The second kappa shape index (κ2) is 8.68. The molecule has 1 saturated heterocycles. The Bertz CT molecular complexity index is 975. The first-order valence-corrected chi connectivity index (χ1v) is 11.8. The van der Waals surface area contributed by atoms with Crippen LogP contribution in [0, 0.1) is 13.8 Å². The number of benzene rings is 1. The molecule has 4 rings (SSSR count). The van der Waals surface area contributed by atoms with Crippen LogP contribution in [0.1, 0.15) is 60.9 Å². The van der Waals surface area contributed by atoms with Crippen molar-refractivity contribution in [3.63, 3.8) is 0 Å². The summed E-state index contributed by atoms with van der Waals surface area (Å²) in [5, 5.41) is 0. The summed E-state index contributed by atoms with van der Waals surface area (Å²) in [6.45, 7) is 5.30. The van der Waals surface area contributed by atoms with Crippen molar-refractivity contribution < 1.29 is 9.59 Å². The lowest BCUT2D eigenvalue weighted by molar-refractivity contribution is -0.145. The van der Waals surface area contributed by atoms with E-state index in [4.69, 9.17) is 0 Å². The van der Waals surface area contributed by atoms with Crippen LogP contribution in [0.15, 0.2) is 42.6 Å². The van der Waals surface area contributed by atoms with Crippen LogP contribution >= 0.6 is 0 Å². The normalized spacial score (nSPS) is 22.6. The van der Waals surface area contributed by atoms with Crippen molar-refractivity contribution in [1.82, 2.24) is 14.8 Å². The van der Waals surface area contributed by atoms with Crippen LogP contribution in [0.4, 0.5) is 0 Å². The third-order valence-electron chi connectivity index (χ3n) is 7.39. The number of carbonyl (C=O) groups excluding carboxylic acids is 2. The molecule has 1 aromatic carbocycles. The Morgan fingerprint density at radius 3 is 2.19 bits per heavy atom. The van der Waals surface area contributed by atoms with Gasteiger partial charge < -0.3 is 9.80 Å². The molecule has 170 valence electrons. The number of pyridine rings is 1. The molecular weight excluding hydrogens is 398 g/mol. The number of hydrogen-bond acceptors (Lipinski definition) is 3. The third-order valence-corrected chi connectivity index (χ3v) is 7.39. The first-order valence-electron chi connectivity index (χ1n) is 11.8. The monoisotopic (exact) mass is 433 g/mol. The lowest BCUT2D eigenvalue weighted by Crippen LogP contribution is -2.58. The van der Waals surface area contributed by atoms with Gasteiger partial charge in [-0.3, -0.25) is 14.6 Å². The van der Waals surface area contributed by atoms with E-state index in [-0.39, 0.29) is 11.8 Å². The average molecular weight is 434 g/mol. The molecule has 1 aliphatic carbocycles. The molecule has 0 unspecified atom stereocenters. The summed E-state index contributed by atoms with van der Waals surface area (Å²) in [7, 11) is 3.59. The zero-order valence-corrected chi connectivity index (χ0v) is 19.9. The van der Waals surface area contributed by atoms with Gasteiger partial charge in [0.25, 0.3) is 0 Å². The van der Waals surface area contributed by atoms with Crippen molar-refractivity contribution in [1.29, 1.82) is 0 Å². The summed E-state index contributed by atoms with van der Waals surface area (Å²) in [6, 6.07) is 12.3. The zero-order chi connectivity index (χ0) is 22.9. The summed E-state index contributed by atoms with van der Waals surface area (Å²) in [4.78, 5) is 35.9. The highest BCUT2D eigenvalue weighted by Crippen LogP contribution is 2.45. The van der Waals surface area contributed by atoms with Crippen LogP contribution in [0.3, 0.4) is 0 Å². The molecule has 0 N–H and O–H groups in total. The van der Waals surface area contributed by atoms with Gasteiger partial charge in [-0.1, -0.05) is 48.2 Å². The van der Waals surface area contributed by atoms with Crippen molar-refractivity contribution in [2.75, 3.05) is 27.2 Å². The molecule has 2 heterocycles. The minimum Gasteiger partial charge on any atom is -0.348 e. The van der Waals surface area contributed by atoms with E-state index >= 15 is 0 Å². The predicted molar refractivity (Wildman–Crippen MR) is 126 cm³/mol. The topological polar surface area (TPSA) is 53.5 Å². The van der Waals surface area contributed by atoms with E-state index in [1.807, 2.05) is 23.1 Å². The Kier molecular flexibility index (Phi) is 6.11. The fourth-order valence-electron chi connectivity index (χ4n) is 5.95. The van der Waals surface area contributed by atoms with E-state index < -0.39 is 10.8 Å². The standard InChI is InChI=1S/C27H35N3O2/c1-20-16-21(2)18-22(17-20)26(11-6-7-12-26)25(32)30-15-9-13-27(19-30,24(31)29(3)4)23-10-5-8-14-28-23/h5,8,10,14,16-18H,6-7,9,11-13,15,19H2,1-4H3/t27-/m1/s1. The fraction of sp³-hybridized carbons (Fsp3) is 0.519. The minimum atomic E-state index is -0.791. The van der Waals surface area contributed by atoms with E-state index in [2.05, 4.69) is 37.0 Å². The number of nitrogens with zero attached hydrogens (tertiary/aromatic N) is 3. The van der Waals surface area contributed by atoms with Crippen molar-refractivity contribution in [2.45, 2.75) is 63.2 Å². The number of likely N-dealkylation sites (tertiary alicyclic amines) is 1. The molecule has 2 amide bonds. The number of likely N-dealkylation sites (N-methyl/N-ethyl adjacent to an activating group) is 1. The van der Waals surface area contributed by atoms with Crippen LogP contribution in [-0.2, 0) is 20.4 Å². The smallest absolute Gasteiger partial charge is 0.236 e. The molecule has 5 nitrogen and oxygen atoms in total. The van der Waals surface area contributed by atoms with Gasteiger partial charge in [0, 0.05) is 33.4 Å². The molecule has 2 aliphatic rings. The molecule has 5 heteroatoms. The first-order chi connectivity index (χ1) is 15.3. The van der Waals surface area contributed by atoms with Crippen LogP contribution in [-0.4, -0.2) is 53.8 Å². The number of carbonyl (C=O) groups is 2. The molecule has 0 bridgehead atoms. The summed E-state index contributed by atoms with van der Waals surface area (Å²) in [6.07, 6.45) is 7.14. The molecule has 0 radical (unpaired) electrons. The van der Waals surface area contributed by atoms with Gasteiger partial charge in [-0.25, -0.2) is 0 Å². The zero-order valence-electron chi connectivity index (χ0n) is 19.9. The van der Waals surface area contributed by atoms with Gasteiger partial charge in [-0.15, -0.1) is 0 Å². The number of piperidine rings is 1. The Hall–Kier alpha value is -2.69. The quantitative estimate of drug-likeness (QED) is 0.728. The number of aryl methyl sites for hydroxylation is 2. The molecule has 32 heavy (non-hydrogen) atoms. The maximum atomic E-state index is 14.2. The van der Waals surface area contributed by atoms with Gasteiger partial charge in [-0.05, 0) is 57.2 Å². The molecule has 1 saturated carbocycles. The highest BCUT2D eigenvalue weighted by Gasteiger charge is 2.51. The fourth-order valence-corrected chi connectivity index (χ4v) is 5.95. The molecule has 2 fully saturated rings. The van der Waals surface area contributed by atoms with Crippen LogP contribution < -0.4 is 0 Å². The molecule has 2 aromatic rings. The molecule has 1 atom stereocenters. The van der Waals surface area contributed by atoms with Crippen molar-refractivity contribution in [3.8, 4) is 0 Å². The second-order valence-electron chi connectivity index (χ2n) is 9.99. The maximum absolute atomic E-state index is 14.2. The number of rotatable bonds is 4. The first kappa shape index (κ1) is 22.5. The summed E-state index contributed by atoms with van der Waals surface area (Å²) < 4.78 is 0. The predicted octanol–water partition coefficient (Wildman–Crippen LogP) is 4.16. The van der Waals surface area contributed by atoms with Crippen molar-refractivity contribution >= 4 is 11.8 Å². The van der Waals surface area contributed by atoms with E-state index in [0.29, 0.717) is 19.5 Å². The summed E-state index contributed by atoms with van der Waals surface area (Å²) >= 11 is 0. The molecular formula is C27H35N3O2. The minimum absolute atomic E-state index is 0.0283. The van der Waals surface area contributed by atoms with Gasteiger partial charge >= 0.3 is 0 Å². The van der Waals surface area contributed by atoms with Crippen LogP contribution in [0.2, 0.25) is 0 Å². The Labute approximate surface area is 191 Å². The second-order valence-corrected chi connectivity index (χ2v) is 9.99. The van der Waals surface area contributed by atoms with Crippen molar-refractivity contribution in [2.24, 2.45) is 0 Å². The van der Waals surface area contributed by atoms with Gasteiger partial charge in [0.15, 0.2) is 0 Å². The van der Waals surface area contributed by atoms with Crippen molar-refractivity contribution in [3.05, 3.63) is 65.0 Å². The number of aromatic nitrogens is 1. The van der Waals surface area contributed by atoms with E-state index in [0.717, 1.165) is 43.4 Å². The SMILES string of the molecule is Cc1cc(C)cc(C2(C(=O)N3CCC[C@](C(=O)N(C)C)(c4ccccn4)C3)CCCC2)c1. The van der Waals surface area contributed by atoms with E-state index in [9.17, 15) is 9.59 Å². The maximum Gasteiger partial charge on any atom is 0.236 e. The van der Waals surface area contributed by atoms with Gasteiger partial charge in [-0.2, -0.15) is 0 Å². The highest BCUT2D eigenvalue weighted by molar-refractivity contribution is 5.92.